The van der Waals surface area contributed by atoms with E-state index in [0.717, 1.165) is 36.5 Å². The van der Waals surface area contributed by atoms with E-state index in [0.29, 0.717) is 5.92 Å². The topological polar surface area (TPSA) is 33.0 Å². The van der Waals surface area contributed by atoms with Gasteiger partial charge in [-0.05, 0) is 99.7 Å². The van der Waals surface area contributed by atoms with E-state index < -0.39 is 0 Å². The maximum absolute atomic E-state index is 8.95. The lowest BCUT2D eigenvalue weighted by Crippen LogP contribution is -2.25. The van der Waals surface area contributed by atoms with Gasteiger partial charge in [0.15, 0.2) is 0 Å². The Bertz CT molecular complexity index is 596. The van der Waals surface area contributed by atoms with Crippen LogP contribution in [-0.4, -0.2) is 13.2 Å². The summed E-state index contributed by atoms with van der Waals surface area (Å²) in [6.45, 7) is 3.63. The molecule has 0 aliphatic heterocycles. The first-order valence-corrected chi connectivity index (χ1v) is 10.5. The normalized spacial score (nSPS) is 29.5. The molecule has 0 aromatic heterocycles. The molecule has 2 fully saturated rings. The molecule has 1 aromatic carbocycles. The van der Waals surface area contributed by atoms with Crippen molar-refractivity contribution >= 4 is 0 Å². The fraction of sp³-hybridized carbons (Fsp3) is 0.625. The van der Waals surface area contributed by atoms with Crippen molar-refractivity contribution in [3.63, 3.8) is 0 Å². The molecule has 0 atom stereocenters. The van der Waals surface area contributed by atoms with Crippen molar-refractivity contribution < 1.29 is 4.74 Å². The van der Waals surface area contributed by atoms with Crippen LogP contribution in [0.1, 0.15) is 75.3 Å². The number of ether oxygens (including phenoxy) is 1. The summed E-state index contributed by atoms with van der Waals surface area (Å²) in [5.74, 6) is 3.38. The number of rotatable bonds is 6. The third-order valence-electron chi connectivity index (χ3n) is 6.59. The molecule has 0 radical (unpaired) electrons. The third kappa shape index (κ3) is 5.21. The van der Waals surface area contributed by atoms with Crippen LogP contribution >= 0.6 is 0 Å². The van der Waals surface area contributed by atoms with Gasteiger partial charge in [-0.3, -0.25) is 0 Å². The molecule has 0 amide bonds. The van der Waals surface area contributed by atoms with Gasteiger partial charge in [-0.25, -0.2) is 0 Å². The molecule has 0 spiro atoms. The lowest BCUT2D eigenvalue weighted by Gasteiger charge is -2.37. The summed E-state index contributed by atoms with van der Waals surface area (Å²) in [6.07, 6.45) is 15.6. The van der Waals surface area contributed by atoms with E-state index in [1.807, 2.05) is 12.1 Å². The summed E-state index contributed by atoms with van der Waals surface area (Å²) in [6, 6.07) is 10.5. The molecule has 0 bridgehead atoms. The quantitative estimate of drug-likeness (QED) is 0.449. The fourth-order valence-electron chi connectivity index (χ4n) is 5.00. The van der Waals surface area contributed by atoms with E-state index >= 15 is 0 Å². The second kappa shape index (κ2) is 9.93. The number of hydrogen-bond acceptors (Lipinski definition) is 2. The zero-order valence-corrected chi connectivity index (χ0v) is 16.2. The van der Waals surface area contributed by atoms with Crippen molar-refractivity contribution in [2.45, 2.75) is 64.2 Å². The van der Waals surface area contributed by atoms with Gasteiger partial charge >= 0.3 is 0 Å². The number of nitriles is 1. The summed E-state index contributed by atoms with van der Waals surface area (Å²) in [5.41, 5.74) is 2.21. The highest BCUT2D eigenvalue weighted by Gasteiger charge is 2.30. The second-order valence-electron chi connectivity index (χ2n) is 8.11. The molecule has 2 saturated carbocycles. The van der Waals surface area contributed by atoms with E-state index in [4.69, 9.17) is 10.00 Å². The molecule has 0 heterocycles. The van der Waals surface area contributed by atoms with E-state index in [2.05, 4.69) is 37.3 Å². The van der Waals surface area contributed by atoms with Gasteiger partial charge in [0.25, 0.3) is 0 Å². The molecule has 2 aliphatic rings. The van der Waals surface area contributed by atoms with Crippen molar-refractivity contribution in [3.8, 4) is 6.07 Å². The Morgan fingerprint density at radius 2 is 1.58 bits per heavy atom. The molecule has 140 valence electrons. The minimum atomic E-state index is 0.705. The Balaban J connectivity index is 1.41. The summed E-state index contributed by atoms with van der Waals surface area (Å²) in [5, 5.41) is 8.95. The predicted molar refractivity (Wildman–Crippen MR) is 107 cm³/mol. The first kappa shape index (κ1) is 19.2. The van der Waals surface area contributed by atoms with Crippen molar-refractivity contribution in [1.82, 2.24) is 0 Å². The van der Waals surface area contributed by atoms with E-state index in [9.17, 15) is 0 Å². The van der Waals surface area contributed by atoms with Gasteiger partial charge in [-0.15, -0.1) is 0 Å². The SMILES string of the molecule is CCOCC=C[C@H]1CC[C@H]([C@H]2CC[C@H](c3ccc(C#N)cc3)CC2)CC1. The molecule has 2 aliphatic carbocycles. The van der Waals surface area contributed by atoms with E-state index in [1.165, 1.54) is 56.9 Å². The smallest absolute Gasteiger partial charge is 0.0991 e. The Labute approximate surface area is 159 Å². The molecule has 0 N–H and O–H groups in total. The highest BCUT2D eigenvalue weighted by atomic mass is 16.5. The molecule has 2 nitrogen and oxygen atoms in total. The van der Waals surface area contributed by atoms with Crippen LogP contribution in [0.3, 0.4) is 0 Å². The first-order valence-electron chi connectivity index (χ1n) is 10.5. The molecule has 0 unspecified atom stereocenters. The monoisotopic (exact) mass is 351 g/mol. The standard InChI is InChI=1S/C24H33NO/c1-2-26-17-3-4-19-5-9-21(10-6-19)23-13-15-24(16-14-23)22-11-7-20(18-25)8-12-22/h3-4,7-8,11-12,19,21,23-24H,2,5-6,9-10,13-17H2,1H3/t19-,21-,23-,24-. The van der Waals surface area contributed by atoms with Gasteiger partial charge in [0, 0.05) is 6.61 Å². The number of hydrogen-bond donors (Lipinski definition) is 0. The van der Waals surface area contributed by atoms with Crippen molar-refractivity contribution in [1.29, 1.82) is 5.26 Å². The lowest BCUT2D eigenvalue weighted by molar-refractivity contribution is 0.168. The van der Waals surface area contributed by atoms with Crippen LogP contribution in [0.5, 0.6) is 0 Å². The van der Waals surface area contributed by atoms with Gasteiger partial charge in [-0.2, -0.15) is 5.26 Å². The van der Waals surface area contributed by atoms with Crippen LogP contribution in [-0.2, 0) is 4.74 Å². The summed E-state index contributed by atoms with van der Waals surface area (Å²) in [4.78, 5) is 0. The maximum atomic E-state index is 8.95. The molecule has 1 aromatic rings. The van der Waals surface area contributed by atoms with E-state index in [1.54, 1.807) is 0 Å². The van der Waals surface area contributed by atoms with Gasteiger partial charge in [0.2, 0.25) is 0 Å². The summed E-state index contributed by atoms with van der Waals surface area (Å²) in [7, 11) is 0. The average Bonchev–Trinajstić information content (AvgIpc) is 2.72. The zero-order chi connectivity index (χ0) is 18.2. The molecular formula is C24H33NO. The Hall–Kier alpha value is -1.59. The van der Waals surface area contributed by atoms with Crippen molar-refractivity contribution in [3.05, 3.63) is 47.5 Å². The molecule has 0 saturated heterocycles. The Morgan fingerprint density at radius 3 is 2.15 bits per heavy atom. The summed E-state index contributed by atoms with van der Waals surface area (Å²) < 4.78 is 5.40. The van der Waals surface area contributed by atoms with Gasteiger partial charge < -0.3 is 4.74 Å². The molecular weight excluding hydrogens is 318 g/mol. The largest absolute Gasteiger partial charge is 0.378 e. The second-order valence-corrected chi connectivity index (χ2v) is 8.11. The minimum absolute atomic E-state index is 0.705. The number of benzene rings is 1. The van der Waals surface area contributed by atoms with E-state index in [-0.39, 0.29) is 0 Å². The maximum Gasteiger partial charge on any atom is 0.0991 e. The van der Waals surface area contributed by atoms with Crippen molar-refractivity contribution in [2.75, 3.05) is 13.2 Å². The van der Waals surface area contributed by atoms with Gasteiger partial charge in [0.05, 0.1) is 18.2 Å². The average molecular weight is 352 g/mol. The predicted octanol–water partition coefficient (Wildman–Crippen LogP) is 6.23. The van der Waals surface area contributed by atoms with Crippen molar-refractivity contribution in [2.24, 2.45) is 17.8 Å². The number of allylic oxidation sites excluding steroid dienone is 1. The highest BCUT2D eigenvalue weighted by molar-refractivity contribution is 5.33. The van der Waals surface area contributed by atoms with Gasteiger partial charge in [0.1, 0.15) is 0 Å². The minimum Gasteiger partial charge on any atom is -0.378 e. The van der Waals surface area contributed by atoms with Crippen LogP contribution < -0.4 is 0 Å². The fourth-order valence-corrected chi connectivity index (χ4v) is 5.00. The number of nitrogens with zero attached hydrogens (tertiary/aromatic N) is 1. The van der Waals surface area contributed by atoms with Crippen LogP contribution in [0.4, 0.5) is 0 Å². The Morgan fingerprint density at radius 1 is 0.962 bits per heavy atom. The Kier molecular flexibility index (Phi) is 7.32. The molecule has 2 heteroatoms. The summed E-state index contributed by atoms with van der Waals surface area (Å²) >= 11 is 0. The molecule has 3 rings (SSSR count). The van der Waals surface area contributed by atoms with Crippen LogP contribution in [0, 0.1) is 29.1 Å². The van der Waals surface area contributed by atoms with Crippen LogP contribution in [0.25, 0.3) is 0 Å². The first-order chi connectivity index (χ1) is 12.8. The third-order valence-corrected chi connectivity index (χ3v) is 6.59. The zero-order valence-electron chi connectivity index (χ0n) is 16.2. The van der Waals surface area contributed by atoms with Gasteiger partial charge in [-0.1, -0.05) is 24.3 Å². The lowest BCUT2D eigenvalue weighted by atomic mass is 9.68. The highest BCUT2D eigenvalue weighted by Crippen LogP contribution is 2.44. The molecule has 26 heavy (non-hydrogen) atoms. The van der Waals surface area contributed by atoms with Crippen LogP contribution in [0.15, 0.2) is 36.4 Å². The van der Waals surface area contributed by atoms with Crippen LogP contribution in [0.2, 0.25) is 0 Å².